The van der Waals surface area contributed by atoms with Gasteiger partial charge in [0.2, 0.25) is 0 Å². The summed E-state index contributed by atoms with van der Waals surface area (Å²) < 4.78 is 31.8. The first kappa shape index (κ1) is 26.4. The largest absolute Gasteiger partial charge is 0.294 e. The molecule has 4 heteroatoms. The molecule has 0 saturated carbocycles. The summed E-state index contributed by atoms with van der Waals surface area (Å²) in [7, 11) is -4.10. The smallest absolute Gasteiger partial charge is 0.282 e. The molecule has 2 aromatic carbocycles. The maximum Gasteiger partial charge on any atom is 0.294 e. The van der Waals surface area contributed by atoms with Gasteiger partial charge in [0.1, 0.15) is 0 Å². The van der Waals surface area contributed by atoms with Gasteiger partial charge in [0.25, 0.3) is 10.1 Å². The second-order valence-electron chi connectivity index (χ2n) is 8.17. The minimum Gasteiger partial charge on any atom is -0.282 e. The summed E-state index contributed by atoms with van der Waals surface area (Å²) in [5.41, 5.74) is 3.38. The van der Waals surface area contributed by atoms with E-state index in [0.29, 0.717) is 6.42 Å². The van der Waals surface area contributed by atoms with E-state index in [9.17, 15) is 13.0 Å². The molecule has 2 aromatic rings. The number of hydrogen-bond acceptors (Lipinski definition) is 2. The Labute approximate surface area is 184 Å². The third-order valence-electron chi connectivity index (χ3n) is 5.27. The van der Waals surface area contributed by atoms with Gasteiger partial charge >= 0.3 is 0 Å². The fourth-order valence-corrected chi connectivity index (χ4v) is 4.15. The van der Waals surface area contributed by atoms with Crippen molar-refractivity contribution in [3.05, 3.63) is 65.2 Å². The van der Waals surface area contributed by atoms with Gasteiger partial charge in [0.15, 0.2) is 0 Å². The molecule has 0 spiro atoms. The number of rotatable bonds is 12. The van der Waals surface area contributed by atoms with Gasteiger partial charge in [-0.3, -0.25) is 4.55 Å². The minimum absolute atomic E-state index is 0.0610. The van der Waals surface area contributed by atoms with E-state index < -0.39 is 10.1 Å². The normalized spacial score (nSPS) is 11.1. The Balaban J connectivity index is 0.000000467. The SMILES string of the molecule is CCCCCCCCCCCCc1ccccc1S(=O)(=O)O.Cc1ccc(C)cc1. The zero-order chi connectivity index (χ0) is 22.2. The lowest BCUT2D eigenvalue weighted by atomic mass is 10.0. The van der Waals surface area contributed by atoms with Crippen LogP contribution in [0.3, 0.4) is 0 Å². The third kappa shape index (κ3) is 12.1. The average molecular weight is 433 g/mol. The van der Waals surface area contributed by atoms with Crippen LogP contribution in [0.4, 0.5) is 0 Å². The summed E-state index contributed by atoms with van der Waals surface area (Å²) in [6, 6.07) is 15.2. The molecule has 0 aromatic heterocycles. The highest BCUT2D eigenvalue weighted by Crippen LogP contribution is 2.18. The highest BCUT2D eigenvalue weighted by molar-refractivity contribution is 7.85. The van der Waals surface area contributed by atoms with E-state index in [-0.39, 0.29) is 4.90 Å². The van der Waals surface area contributed by atoms with Crippen molar-refractivity contribution in [3.8, 4) is 0 Å². The third-order valence-corrected chi connectivity index (χ3v) is 6.22. The summed E-state index contributed by atoms with van der Waals surface area (Å²) in [5, 5.41) is 0. The highest BCUT2D eigenvalue weighted by atomic mass is 32.2. The predicted octanol–water partition coefficient (Wildman–Crippen LogP) is 7.70. The Morgan fingerprint density at radius 1 is 0.667 bits per heavy atom. The van der Waals surface area contributed by atoms with Gasteiger partial charge in [-0.1, -0.05) is 118 Å². The van der Waals surface area contributed by atoms with Crippen LogP contribution in [0.5, 0.6) is 0 Å². The van der Waals surface area contributed by atoms with E-state index in [0.717, 1.165) is 18.4 Å². The molecule has 0 atom stereocenters. The minimum atomic E-state index is -4.10. The van der Waals surface area contributed by atoms with E-state index in [4.69, 9.17) is 0 Å². The van der Waals surface area contributed by atoms with Crippen molar-refractivity contribution in [3.63, 3.8) is 0 Å². The van der Waals surface area contributed by atoms with Crippen molar-refractivity contribution in [2.45, 2.75) is 96.3 Å². The summed E-state index contributed by atoms with van der Waals surface area (Å²) in [6.45, 7) is 6.43. The molecule has 0 amide bonds. The standard InChI is InChI=1S/C18H30O3S.C8H10/c1-2-3-4-5-6-7-8-9-10-11-14-17-15-12-13-16-18(17)22(19,20)21;1-7-3-5-8(2)6-4-7/h12-13,15-16H,2-11,14H2,1H3,(H,19,20,21);3-6H,1-2H3. The Bertz CT molecular complexity index is 774. The Kier molecular flexibility index (Phi) is 13.4. The van der Waals surface area contributed by atoms with Crippen LogP contribution < -0.4 is 0 Å². The lowest BCUT2D eigenvalue weighted by Gasteiger charge is -2.07. The van der Waals surface area contributed by atoms with E-state index in [2.05, 4.69) is 45.0 Å². The number of aryl methyl sites for hydroxylation is 3. The molecule has 0 radical (unpaired) electrons. The second-order valence-corrected chi connectivity index (χ2v) is 9.56. The predicted molar refractivity (Wildman–Crippen MR) is 128 cm³/mol. The monoisotopic (exact) mass is 432 g/mol. The van der Waals surface area contributed by atoms with Crippen LogP contribution >= 0.6 is 0 Å². The Morgan fingerprint density at radius 3 is 1.57 bits per heavy atom. The summed E-state index contributed by atoms with van der Waals surface area (Å²) in [4.78, 5) is 0.0610. The molecule has 30 heavy (non-hydrogen) atoms. The van der Waals surface area contributed by atoms with Crippen molar-refractivity contribution >= 4 is 10.1 Å². The molecule has 168 valence electrons. The summed E-state index contributed by atoms with van der Waals surface area (Å²) in [5.74, 6) is 0. The Hall–Kier alpha value is -1.65. The summed E-state index contributed by atoms with van der Waals surface area (Å²) in [6.07, 6.45) is 13.3. The molecule has 0 fully saturated rings. The van der Waals surface area contributed by atoms with Gasteiger partial charge in [-0.15, -0.1) is 0 Å². The molecule has 0 bridgehead atoms. The van der Waals surface area contributed by atoms with Gasteiger partial charge in [0.05, 0.1) is 4.90 Å². The van der Waals surface area contributed by atoms with Crippen molar-refractivity contribution < 1.29 is 13.0 Å². The van der Waals surface area contributed by atoms with Crippen LogP contribution in [-0.4, -0.2) is 13.0 Å². The van der Waals surface area contributed by atoms with E-state index in [1.54, 1.807) is 12.1 Å². The highest BCUT2D eigenvalue weighted by Gasteiger charge is 2.13. The Morgan fingerprint density at radius 2 is 1.10 bits per heavy atom. The van der Waals surface area contributed by atoms with Crippen molar-refractivity contribution in [2.75, 3.05) is 0 Å². The van der Waals surface area contributed by atoms with Crippen LogP contribution in [0.15, 0.2) is 53.4 Å². The van der Waals surface area contributed by atoms with Crippen LogP contribution in [0.25, 0.3) is 0 Å². The maximum atomic E-state index is 11.3. The molecule has 3 nitrogen and oxygen atoms in total. The van der Waals surface area contributed by atoms with Crippen LogP contribution in [0, 0.1) is 13.8 Å². The lowest BCUT2D eigenvalue weighted by Crippen LogP contribution is -2.03. The lowest BCUT2D eigenvalue weighted by molar-refractivity contribution is 0.481. The van der Waals surface area contributed by atoms with E-state index in [1.165, 1.54) is 68.6 Å². The van der Waals surface area contributed by atoms with E-state index >= 15 is 0 Å². The van der Waals surface area contributed by atoms with Gasteiger partial charge in [0, 0.05) is 0 Å². The molecule has 0 heterocycles. The van der Waals surface area contributed by atoms with Crippen molar-refractivity contribution in [1.82, 2.24) is 0 Å². The van der Waals surface area contributed by atoms with Gasteiger partial charge < -0.3 is 0 Å². The van der Waals surface area contributed by atoms with Gasteiger partial charge in [-0.2, -0.15) is 8.42 Å². The molecule has 1 N–H and O–H groups in total. The topological polar surface area (TPSA) is 54.4 Å². The van der Waals surface area contributed by atoms with Crippen LogP contribution in [-0.2, 0) is 16.5 Å². The number of benzene rings is 2. The van der Waals surface area contributed by atoms with E-state index in [1.807, 2.05) is 6.07 Å². The first-order valence-corrected chi connectivity index (χ1v) is 12.9. The fraction of sp³-hybridized carbons (Fsp3) is 0.538. The molecular weight excluding hydrogens is 392 g/mol. The van der Waals surface area contributed by atoms with Crippen LogP contribution in [0.1, 0.15) is 87.8 Å². The molecule has 0 unspecified atom stereocenters. The maximum absolute atomic E-state index is 11.3. The van der Waals surface area contributed by atoms with Crippen LogP contribution in [0.2, 0.25) is 0 Å². The molecule has 0 aliphatic heterocycles. The molecule has 0 aliphatic rings. The number of hydrogen-bond donors (Lipinski definition) is 1. The van der Waals surface area contributed by atoms with Crippen molar-refractivity contribution in [2.24, 2.45) is 0 Å². The van der Waals surface area contributed by atoms with Gasteiger partial charge in [-0.25, -0.2) is 0 Å². The molecular formula is C26H40O3S. The molecule has 0 saturated heterocycles. The first-order chi connectivity index (χ1) is 14.3. The zero-order valence-electron chi connectivity index (χ0n) is 19.1. The fourth-order valence-electron chi connectivity index (χ4n) is 3.40. The molecule has 0 aliphatic carbocycles. The average Bonchev–Trinajstić information content (AvgIpc) is 2.72. The first-order valence-electron chi connectivity index (χ1n) is 11.4. The molecule has 2 rings (SSSR count). The second kappa shape index (κ2) is 15.2. The van der Waals surface area contributed by atoms with Crippen molar-refractivity contribution in [1.29, 1.82) is 0 Å². The summed E-state index contributed by atoms with van der Waals surface area (Å²) >= 11 is 0. The quantitative estimate of drug-likeness (QED) is 0.276. The number of unbranched alkanes of at least 4 members (excludes halogenated alkanes) is 9. The van der Waals surface area contributed by atoms with Gasteiger partial charge in [-0.05, 0) is 38.3 Å². The zero-order valence-corrected chi connectivity index (χ0v) is 19.9.